The summed E-state index contributed by atoms with van der Waals surface area (Å²) in [5, 5.41) is 6.66. The predicted molar refractivity (Wildman–Crippen MR) is 121 cm³/mol. The average Bonchev–Trinajstić information content (AvgIpc) is 2.73. The van der Waals surface area contributed by atoms with Crippen molar-refractivity contribution >= 4 is 40.9 Å². The number of nitrogens with one attached hydrogen (secondary N) is 3. The van der Waals surface area contributed by atoms with Gasteiger partial charge in [-0.3, -0.25) is 19.2 Å². The van der Waals surface area contributed by atoms with E-state index in [1.54, 1.807) is 0 Å². The first kappa shape index (κ1) is 26.7. The van der Waals surface area contributed by atoms with Gasteiger partial charge in [0.25, 0.3) is 5.24 Å². The minimum atomic E-state index is -0.547. The molecule has 0 aliphatic heterocycles. The van der Waals surface area contributed by atoms with E-state index in [0.717, 1.165) is 23.0 Å². The van der Waals surface area contributed by atoms with E-state index < -0.39 is 5.24 Å². The molecule has 0 saturated carbocycles. The van der Waals surface area contributed by atoms with Gasteiger partial charge in [0.05, 0.1) is 12.3 Å². The second-order valence-electron chi connectivity index (χ2n) is 5.85. The van der Waals surface area contributed by atoms with Crippen LogP contribution in [0.4, 0.5) is 10.5 Å². The number of nitrogens with two attached hydrogens (primary N) is 1. The summed E-state index contributed by atoms with van der Waals surface area (Å²) < 4.78 is 0. The van der Waals surface area contributed by atoms with E-state index >= 15 is 0 Å². The lowest BCUT2D eigenvalue weighted by atomic mass is 10.2. The van der Waals surface area contributed by atoms with Gasteiger partial charge < -0.3 is 21.7 Å². The number of anilines is 1. The van der Waals surface area contributed by atoms with E-state index in [-0.39, 0.29) is 24.1 Å². The van der Waals surface area contributed by atoms with Crippen LogP contribution in [0.1, 0.15) is 11.1 Å². The third-order valence-electron chi connectivity index (χ3n) is 3.25. The highest BCUT2D eigenvalue weighted by Gasteiger charge is 2.04. The minimum absolute atomic E-state index is 0.0449. The van der Waals surface area contributed by atoms with Crippen molar-refractivity contribution in [3.8, 4) is 0 Å². The molecular weight excluding hydrogens is 404 g/mol. The van der Waals surface area contributed by atoms with Gasteiger partial charge in [0, 0.05) is 12.7 Å². The highest BCUT2D eigenvalue weighted by atomic mass is 32.2. The van der Waals surface area contributed by atoms with Gasteiger partial charge in [0.15, 0.2) is 0 Å². The molecule has 0 aromatic heterocycles. The standard InChI is InChI=1S/C10H12N2O2S.C7H8.C4H8N2O2/c1-7-2-4-8(5-3-7)12-9(13)6-15-10(11)14;1-7-5-3-2-4-6-7;1-5-4(8)2-6-3-7/h2-5H,6H2,1H3,(H2,11,14)(H,12,13);2-6H,1H3;3H,2H2,1H3,(H,5,8)(H,6,7). The van der Waals surface area contributed by atoms with Gasteiger partial charge in [0.2, 0.25) is 18.2 Å². The summed E-state index contributed by atoms with van der Waals surface area (Å²) in [5.74, 6) is -0.386. The number of carbonyl (C=O) groups is 4. The molecule has 0 saturated heterocycles. The fraction of sp³-hybridized carbons (Fsp3) is 0.238. The largest absolute Gasteiger partial charge is 0.361 e. The Hall–Kier alpha value is -3.33. The Balaban J connectivity index is 0.000000471. The first-order valence-electron chi connectivity index (χ1n) is 8.96. The minimum Gasteiger partial charge on any atom is -0.361 e. The quantitative estimate of drug-likeness (QED) is 0.520. The summed E-state index contributed by atoms with van der Waals surface area (Å²) in [6.07, 6.45) is 0.481. The summed E-state index contributed by atoms with van der Waals surface area (Å²) in [7, 11) is 1.51. The Morgan fingerprint density at radius 3 is 1.93 bits per heavy atom. The average molecular weight is 433 g/mol. The summed E-state index contributed by atoms with van der Waals surface area (Å²) in [6, 6.07) is 17.7. The SMILES string of the molecule is CNC(=O)CNC=O.Cc1ccc(NC(=O)CSC(N)=O)cc1.Cc1ccccc1. The fourth-order valence-electron chi connectivity index (χ4n) is 1.73. The Morgan fingerprint density at radius 2 is 1.50 bits per heavy atom. The maximum Gasteiger partial charge on any atom is 0.276 e. The Bertz CT molecular complexity index is 783. The van der Waals surface area contributed by atoms with Crippen LogP contribution in [-0.4, -0.2) is 42.8 Å². The van der Waals surface area contributed by atoms with Crippen LogP contribution < -0.4 is 21.7 Å². The second-order valence-corrected chi connectivity index (χ2v) is 6.83. The molecule has 8 nitrogen and oxygen atoms in total. The zero-order chi connectivity index (χ0) is 22.8. The highest BCUT2D eigenvalue weighted by Crippen LogP contribution is 2.09. The zero-order valence-electron chi connectivity index (χ0n) is 17.3. The number of benzene rings is 2. The summed E-state index contributed by atoms with van der Waals surface area (Å²) in [6.45, 7) is 4.11. The smallest absolute Gasteiger partial charge is 0.276 e. The number of carbonyl (C=O) groups excluding carboxylic acids is 4. The number of thioether (sulfide) groups is 1. The van der Waals surface area contributed by atoms with E-state index in [9.17, 15) is 19.2 Å². The van der Waals surface area contributed by atoms with Crippen LogP contribution in [0.5, 0.6) is 0 Å². The first-order valence-corrected chi connectivity index (χ1v) is 9.95. The third kappa shape index (κ3) is 15.7. The molecule has 0 bridgehead atoms. The van der Waals surface area contributed by atoms with Crippen molar-refractivity contribution in [2.45, 2.75) is 13.8 Å². The lowest BCUT2D eigenvalue weighted by molar-refractivity contribution is -0.121. The van der Waals surface area contributed by atoms with Crippen molar-refractivity contribution in [3.63, 3.8) is 0 Å². The number of aryl methyl sites for hydroxylation is 2. The van der Waals surface area contributed by atoms with Gasteiger partial charge >= 0.3 is 0 Å². The van der Waals surface area contributed by atoms with E-state index in [2.05, 4.69) is 35.0 Å². The van der Waals surface area contributed by atoms with Crippen molar-refractivity contribution in [2.24, 2.45) is 5.73 Å². The maximum atomic E-state index is 11.3. The highest BCUT2D eigenvalue weighted by molar-refractivity contribution is 8.14. The summed E-state index contributed by atoms with van der Waals surface area (Å²) in [5.41, 5.74) is 8.06. The molecule has 0 heterocycles. The molecule has 0 unspecified atom stereocenters. The number of hydrogen-bond acceptors (Lipinski definition) is 5. The number of amides is 4. The second kappa shape index (κ2) is 16.6. The first-order chi connectivity index (χ1) is 14.3. The van der Waals surface area contributed by atoms with Gasteiger partial charge in [-0.15, -0.1) is 0 Å². The predicted octanol–water partition coefficient (Wildman–Crippen LogP) is 2.22. The monoisotopic (exact) mass is 432 g/mol. The maximum absolute atomic E-state index is 11.3. The van der Waals surface area contributed by atoms with E-state index in [1.807, 2.05) is 49.4 Å². The number of rotatable bonds is 6. The third-order valence-corrected chi connectivity index (χ3v) is 3.94. The molecule has 0 aliphatic rings. The molecule has 30 heavy (non-hydrogen) atoms. The number of likely N-dealkylation sites (N-methyl/N-ethyl adjacent to an activating group) is 1. The molecule has 162 valence electrons. The molecule has 9 heteroatoms. The number of primary amides is 1. The zero-order valence-corrected chi connectivity index (χ0v) is 18.1. The van der Waals surface area contributed by atoms with Crippen LogP contribution in [0, 0.1) is 13.8 Å². The van der Waals surface area contributed by atoms with Crippen LogP contribution in [0.15, 0.2) is 54.6 Å². The lowest BCUT2D eigenvalue weighted by Gasteiger charge is -2.03. The molecule has 0 radical (unpaired) electrons. The van der Waals surface area contributed by atoms with Crippen molar-refractivity contribution in [2.75, 3.05) is 24.7 Å². The van der Waals surface area contributed by atoms with Crippen LogP contribution in [0.3, 0.4) is 0 Å². The molecule has 5 N–H and O–H groups in total. The van der Waals surface area contributed by atoms with Gasteiger partial charge in [0.1, 0.15) is 0 Å². The summed E-state index contributed by atoms with van der Waals surface area (Å²) >= 11 is 0.789. The molecule has 0 atom stereocenters. The molecular formula is C21H28N4O4S. The molecule has 2 aromatic carbocycles. The Kier molecular flexibility index (Phi) is 14.8. The molecule has 0 aliphatic carbocycles. The topological polar surface area (TPSA) is 130 Å². The number of hydrogen-bond donors (Lipinski definition) is 4. The molecule has 2 aromatic rings. The van der Waals surface area contributed by atoms with Gasteiger partial charge in [-0.25, -0.2) is 0 Å². The van der Waals surface area contributed by atoms with Crippen molar-refractivity contribution in [3.05, 3.63) is 65.7 Å². The van der Waals surface area contributed by atoms with Crippen molar-refractivity contribution in [1.29, 1.82) is 0 Å². The van der Waals surface area contributed by atoms with Gasteiger partial charge in [-0.05, 0) is 26.0 Å². The van der Waals surface area contributed by atoms with Crippen LogP contribution in [0.25, 0.3) is 0 Å². The van der Waals surface area contributed by atoms with Crippen molar-refractivity contribution < 1.29 is 19.2 Å². The van der Waals surface area contributed by atoms with Crippen LogP contribution >= 0.6 is 11.8 Å². The fourth-order valence-corrected chi connectivity index (χ4v) is 2.07. The molecule has 0 fully saturated rings. The lowest BCUT2D eigenvalue weighted by Crippen LogP contribution is -2.30. The van der Waals surface area contributed by atoms with E-state index in [0.29, 0.717) is 6.41 Å². The van der Waals surface area contributed by atoms with E-state index in [4.69, 9.17) is 5.73 Å². The van der Waals surface area contributed by atoms with Crippen molar-refractivity contribution in [1.82, 2.24) is 10.6 Å². The van der Waals surface area contributed by atoms with Crippen LogP contribution in [-0.2, 0) is 14.4 Å². The van der Waals surface area contributed by atoms with E-state index in [1.165, 1.54) is 12.6 Å². The van der Waals surface area contributed by atoms with Gasteiger partial charge in [-0.1, -0.05) is 65.4 Å². The Labute approximate surface area is 181 Å². The van der Waals surface area contributed by atoms with Gasteiger partial charge in [-0.2, -0.15) is 0 Å². The molecule has 4 amide bonds. The molecule has 2 rings (SSSR count). The summed E-state index contributed by atoms with van der Waals surface area (Å²) in [4.78, 5) is 41.4. The normalized spacial score (nSPS) is 8.90. The van der Waals surface area contributed by atoms with Crippen LogP contribution in [0.2, 0.25) is 0 Å². The molecule has 0 spiro atoms. The Morgan fingerprint density at radius 1 is 0.933 bits per heavy atom.